The molecule has 0 saturated heterocycles. The Morgan fingerprint density at radius 1 is 1.35 bits per heavy atom. The van der Waals surface area contributed by atoms with Gasteiger partial charge < -0.3 is 0 Å². The summed E-state index contributed by atoms with van der Waals surface area (Å²) in [6.07, 6.45) is 3.58. The molecule has 0 aliphatic heterocycles. The summed E-state index contributed by atoms with van der Waals surface area (Å²) >= 11 is 5.95. The molecule has 0 heterocycles. The van der Waals surface area contributed by atoms with Gasteiger partial charge in [-0.25, -0.2) is 5.48 Å². The monoisotopic (exact) mass is 255 g/mol. The lowest BCUT2D eigenvalue weighted by Crippen LogP contribution is -2.23. The van der Waals surface area contributed by atoms with Crippen molar-refractivity contribution < 1.29 is 9.63 Å². The number of nitrogens with one attached hydrogen (secondary N) is 1. The van der Waals surface area contributed by atoms with Gasteiger partial charge in [0.25, 0.3) is 0 Å². The summed E-state index contributed by atoms with van der Waals surface area (Å²) in [6, 6.07) is 7.40. The molecule has 1 aromatic carbocycles. The van der Waals surface area contributed by atoms with Gasteiger partial charge in [-0.3, -0.25) is 9.63 Å². The molecule has 0 saturated carbocycles. The first-order valence-electron chi connectivity index (χ1n) is 5.88. The molecule has 1 amide bonds. The van der Waals surface area contributed by atoms with Crippen LogP contribution in [0.4, 0.5) is 0 Å². The molecular weight excluding hydrogens is 238 g/mol. The Kier molecular flexibility index (Phi) is 6.67. The van der Waals surface area contributed by atoms with Crippen LogP contribution in [0.1, 0.15) is 38.2 Å². The van der Waals surface area contributed by atoms with Crippen molar-refractivity contribution in [3.8, 4) is 0 Å². The van der Waals surface area contributed by atoms with Crippen LogP contribution in [-0.2, 0) is 16.2 Å². The van der Waals surface area contributed by atoms with Gasteiger partial charge in [-0.2, -0.15) is 0 Å². The van der Waals surface area contributed by atoms with Crippen molar-refractivity contribution in [2.75, 3.05) is 0 Å². The van der Waals surface area contributed by atoms with E-state index in [0.717, 1.165) is 24.8 Å². The normalized spacial score (nSPS) is 10.2. The summed E-state index contributed by atoms with van der Waals surface area (Å²) < 4.78 is 0. The second kappa shape index (κ2) is 8.09. The fourth-order valence-electron chi connectivity index (χ4n) is 1.40. The number of hydrogen-bond donors (Lipinski definition) is 1. The minimum atomic E-state index is -0.0782. The maximum absolute atomic E-state index is 11.3. The highest BCUT2D eigenvalue weighted by molar-refractivity contribution is 6.31. The van der Waals surface area contributed by atoms with Crippen LogP contribution in [0.5, 0.6) is 0 Å². The lowest BCUT2D eigenvalue weighted by molar-refractivity contribution is -0.134. The molecule has 0 radical (unpaired) electrons. The minimum Gasteiger partial charge on any atom is -0.273 e. The third-order valence-electron chi connectivity index (χ3n) is 2.38. The third-order valence-corrected chi connectivity index (χ3v) is 2.75. The summed E-state index contributed by atoms with van der Waals surface area (Å²) in [6.45, 7) is 2.39. The largest absolute Gasteiger partial charge is 0.273 e. The molecule has 0 aromatic heterocycles. The van der Waals surface area contributed by atoms with Crippen molar-refractivity contribution in [2.24, 2.45) is 0 Å². The number of amides is 1. The molecule has 0 bridgehead atoms. The molecule has 3 nitrogen and oxygen atoms in total. The fraction of sp³-hybridized carbons (Fsp3) is 0.462. The van der Waals surface area contributed by atoms with Crippen molar-refractivity contribution >= 4 is 17.5 Å². The van der Waals surface area contributed by atoms with E-state index in [-0.39, 0.29) is 5.91 Å². The Bertz CT molecular complexity index is 355. The first-order chi connectivity index (χ1) is 8.24. The van der Waals surface area contributed by atoms with Crippen molar-refractivity contribution in [1.29, 1.82) is 0 Å². The number of rotatable bonds is 7. The maximum Gasteiger partial charge on any atom is 0.243 e. The van der Waals surface area contributed by atoms with Gasteiger partial charge in [0.15, 0.2) is 0 Å². The Labute approximate surface area is 107 Å². The standard InChI is InChI=1S/C13H18ClNO2/c1-2-3-4-9-13(16)15-17-10-11-7-5-6-8-12(11)14/h5-8H,2-4,9-10H2,1H3,(H,15,16). The predicted molar refractivity (Wildman–Crippen MR) is 68.5 cm³/mol. The highest BCUT2D eigenvalue weighted by Crippen LogP contribution is 2.15. The number of carbonyl (C=O) groups is 1. The topological polar surface area (TPSA) is 38.3 Å². The van der Waals surface area contributed by atoms with Crippen LogP contribution < -0.4 is 5.48 Å². The third kappa shape index (κ3) is 5.71. The second-order valence-electron chi connectivity index (χ2n) is 3.86. The van der Waals surface area contributed by atoms with E-state index in [1.165, 1.54) is 0 Å². The molecule has 94 valence electrons. The van der Waals surface area contributed by atoms with Crippen LogP contribution in [0.15, 0.2) is 24.3 Å². The smallest absolute Gasteiger partial charge is 0.243 e. The highest BCUT2D eigenvalue weighted by atomic mass is 35.5. The van der Waals surface area contributed by atoms with Crippen molar-refractivity contribution in [2.45, 2.75) is 39.2 Å². The van der Waals surface area contributed by atoms with E-state index < -0.39 is 0 Å². The average Bonchev–Trinajstić information content (AvgIpc) is 2.32. The highest BCUT2D eigenvalue weighted by Gasteiger charge is 2.02. The van der Waals surface area contributed by atoms with Crippen molar-refractivity contribution in [3.05, 3.63) is 34.9 Å². The molecular formula is C13H18ClNO2. The zero-order chi connectivity index (χ0) is 12.5. The van der Waals surface area contributed by atoms with E-state index in [0.29, 0.717) is 18.1 Å². The Morgan fingerprint density at radius 2 is 2.12 bits per heavy atom. The molecule has 0 atom stereocenters. The molecule has 0 unspecified atom stereocenters. The van der Waals surface area contributed by atoms with Crippen LogP contribution in [-0.4, -0.2) is 5.91 Å². The quantitative estimate of drug-likeness (QED) is 0.599. The number of carbonyl (C=O) groups excluding carboxylic acids is 1. The van der Waals surface area contributed by atoms with Gasteiger partial charge in [-0.1, -0.05) is 49.6 Å². The summed E-state index contributed by atoms with van der Waals surface area (Å²) in [7, 11) is 0. The number of unbranched alkanes of at least 4 members (excludes halogenated alkanes) is 2. The Balaban J connectivity index is 2.19. The summed E-state index contributed by atoms with van der Waals surface area (Å²) in [4.78, 5) is 16.4. The minimum absolute atomic E-state index is 0.0782. The first-order valence-corrected chi connectivity index (χ1v) is 6.26. The van der Waals surface area contributed by atoms with E-state index in [1.54, 1.807) is 6.07 Å². The zero-order valence-electron chi connectivity index (χ0n) is 10.0. The fourth-order valence-corrected chi connectivity index (χ4v) is 1.59. The number of hydroxylamine groups is 1. The van der Waals surface area contributed by atoms with Crippen LogP contribution in [0.3, 0.4) is 0 Å². The van der Waals surface area contributed by atoms with E-state index in [1.807, 2.05) is 18.2 Å². The van der Waals surface area contributed by atoms with Crippen LogP contribution in [0, 0.1) is 0 Å². The van der Waals surface area contributed by atoms with E-state index in [2.05, 4.69) is 12.4 Å². The molecule has 0 aliphatic carbocycles. The summed E-state index contributed by atoms with van der Waals surface area (Å²) in [5.41, 5.74) is 3.28. The van der Waals surface area contributed by atoms with E-state index in [4.69, 9.17) is 16.4 Å². The predicted octanol–water partition coefficient (Wildman–Crippen LogP) is 3.47. The molecule has 4 heteroatoms. The second-order valence-corrected chi connectivity index (χ2v) is 4.27. The zero-order valence-corrected chi connectivity index (χ0v) is 10.8. The Morgan fingerprint density at radius 3 is 2.82 bits per heavy atom. The molecule has 1 N–H and O–H groups in total. The van der Waals surface area contributed by atoms with Crippen LogP contribution >= 0.6 is 11.6 Å². The van der Waals surface area contributed by atoms with Gasteiger partial charge in [-0.15, -0.1) is 0 Å². The lowest BCUT2D eigenvalue weighted by Gasteiger charge is -2.06. The van der Waals surface area contributed by atoms with Gasteiger partial charge in [0.2, 0.25) is 5.91 Å². The first kappa shape index (κ1) is 14.0. The molecule has 1 rings (SSSR count). The van der Waals surface area contributed by atoms with Gasteiger partial charge in [0.05, 0.1) is 0 Å². The van der Waals surface area contributed by atoms with Gasteiger partial charge in [0.1, 0.15) is 6.61 Å². The number of halogens is 1. The van der Waals surface area contributed by atoms with Crippen LogP contribution in [0.25, 0.3) is 0 Å². The SMILES string of the molecule is CCCCCC(=O)NOCc1ccccc1Cl. The Hall–Kier alpha value is -1.06. The number of hydrogen-bond acceptors (Lipinski definition) is 2. The summed E-state index contributed by atoms with van der Waals surface area (Å²) in [5.74, 6) is -0.0782. The van der Waals surface area contributed by atoms with Gasteiger partial charge in [0, 0.05) is 11.4 Å². The molecule has 1 aromatic rings. The lowest BCUT2D eigenvalue weighted by atomic mass is 10.2. The van der Waals surface area contributed by atoms with Crippen molar-refractivity contribution in [3.63, 3.8) is 0 Å². The van der Waals surface area contributed by atoms with Gasteiger partial charge in [-0.05, 0) is 18.1 Å². The molecule has 0 spiro atoms. The van der Waals surface area contributed by atoms with E-state index >= 15 is 0 Å². The van der Waals surface area contributed by atoms with E-state index in [9.17, 15) is 4.79 Å². The van der Waals surface area contributed by atoms with Gasteiger partial charge >= 0.3 is 0 Å². The molecule has 0 fully saturated rings. The van der Waals surface area contributed by atoms with Crippen molar-refractivity contribution in [1.82, 2.24) is 5.48 Å². The molecule has 17 heavy (non-hydrogen) atoms. The summed E-state index contributed by atoms with van der Waals surface area (Å²) in [5, 5.41) is 0.646. The van der Waals surface area contributed by atoms with Crippen LogP contribution in [0.2, 0.25) is 5.02 Å². The number of benzene rings is 1. The molecule has 0 aliphatic rings. The maximum atomic E-state index is 11.3. The average molecular weight is 256 g/mol.